The average Bonchev–Trinajstić information content (AvgIpc) is 2.92. The van der Waals surface area contributed by atoms with Crippen LogP contribution in [0.25, 0.3) is 0 Å². The van der Waals surface area contributed by atoms with E-state index in [4.69, 9.17) is 9.47 Å². The molecule has 116 valence electrons. The molecule has 1 aliphatic heterocycles. The van der Waals surface area contributed by atoms with Crippen molar-refractivity contribution in [2.75, 3.05) is 26.8 Å². The molecular formula is C17H25NO3. The Hall–Kier alpha value is -1.71. The summed E-state index contributed by atoms with van der Waals surface area (Å²) in [5.74, 6) is 2.81. The predicted octanol–water partition coefficient (Wildman–Crippen LogP) is 2.97. The largest absolute Gasteiger partial charge is 0.497 e. The van der Waals surface area contributed by atoms with Crippen LogP contribution >= 0.6 is 0 Å². The monoisotopic (exact) mass is 291 g/mol. The number of nitrogens with zero attached hydrogens (tertiary/aromatic N) is 1. The molecule has 1 heterocycles. The van der Waals surface area contributed by atoms with E-state index in [-0.39, 0.29) is 12.5 Å². The van der Waals surface area contributed by atoms with Gasteiger partial charge in [0.25, 0.3) is 5.91 Å². The Balaban J connectivity index is 1.79. The molecule has 1 aromatic rings. The molecule has 1 unspecified atom stereocenters. The summed E-state index contributed by atoms with van der Waals surface area (Å²) in [7, 11) is 1.61. The van der Waals surface area contributed by atoms with E-state index in [1.54, 1.807) is 13.2 Å². The van der Waals surface area contributed by atoms with Gasteiger partial charge in [0.15, 0.2) is 6.61 Å². The average molecular weight is 291 g/mol. The number of hydrogen-bond donors (Lipinski definition) is 0. The second-order valence-electron chi connectivity index (χ2n) is 6.09. The van der Waals surface area contributed by atoms with E-state index in [2.05, 4.69) is 13.8 Å². The Labute approximate surface area is 127 Å². The molecule has 0 saturated carbocycles. The second kappa shape index (κ2) is 7.34. The highest BCUT2D eigenvalue weighted by Gasteiger charge is 2.26. The van der Waals surface area contributed by atoms with Crippen molar-refractivity contribution in [2.24, 2.45) is 11.8 Å². The van der Waals surface area contributed by atoms with Crippen LogP contribution in [0.1, 0.15) is 26.7 Å². The summed E-state index contributed by atoms with van der Waals surface area (Å²) in [5, 5.41) is 0. The fourth-order valence-electron chi connectivity index (χ4n) is 2.85. The maximum atomic E-state index is 12.2. The van der Waals surface area contributed by atoms with Crippen molar-refractivity contribution in [1.82, 2.24) is 4.90 Å². The van der Waals surface area contributed by atoms with Gasteiger partial charge < -0.3 is 14.4 Å². The third-order valence-electron chi connectivity index (χ3n) is 3.85. The van der Waals surface area contributed by atoms with Crippen LogP contribution in [0.3, 0.4) is 0 Å². The summed E-state index contributed by atoms with van der Waals surface area (Å²) in [5.41, 5.74) is 0. The van der Waals surface area contributed by atoms with Gasteiger partial charge in [0.05, 0.1) is 7.11 Å². The van der Waals surface area contributed by atoms with E-state index < -0.39 is 0 Å². The molecule has 1 saturated heterocycles. The lowest BCUT2D eigenvalue weighted by molar-refractivity contribution is -0.132. The molecule has 4 heteroatoms. The normalized spacial score (nSPS) is 18.1. The van der Waals surface area contributed by atoms with Crippen molar-refractivity contribution in [3.8, 4) is 11.5 Å². The number of benzene rings is 1. The SMILES string of the molecule is COc1cccc(OCC(=O)N2CCC(CC(C)C)C2)c1. The van der Waals surface area contributed by atoms with Crippen LogP contribution < -0.4 is 9.47 Å². The first kappa shape index (κ1) is 15.7. The van der Waals surface area contributed by atoms with Gasteiger partial charge in [0.2, 0.25) is 0 Å². The zero-order chi connectivity index (χ0) is 15.2. The molecule has 0 aliphatic carbocycles. The van der Waals surface area contributed by atoms with Crippen LogP contribution in [-0.2, 0) is 4.79 Å². The van der Waals surface area contributed by atoms with Crippen molar-refractivity contribution in [3.05, 3.63) is 24.3 Å². The van der Waals surface area contributed by atoms with E-state index in [1.807, 2.05) is 23.1 Å². The Morgan fingerprint density at radius 1 is 1.38 bits per heavy atom. The number of ether oxygens (including phenoxy) is 2. The van der Waals surface area contributed by atoms with E-state index in [9.17, 15) is 4.79 Å². The number of amides is 1. The summed E-state index contributed by atoms with van der Waals surface area (Å²) in [6.45, 7) is 6.30. The minimum absolute atomic E-state index is 0.0732. The van der Waals surface area contributed by atoms with Gasteiger partial charge >= 0.3 is 0 Å². The number of likely N-dealkylation sites (tertiary alicyclic amines) is 1. The van der Waals surface area contributed by atoms with Crippen LogP contribution in [-0.4, -0.2) is 37.6 Å². The van der Waals surface area contributed by atoms with Crippen molar-refractivity contribution in [1.29, 1.82) is 0 Å². The topological polar surface area (TPSA) is 38.8 Å². The Kier molecular flexibility index (Phi) is 5.48. The second-order valence-corrected chi connectivity index (χ2v) is 6.09. The summed E-state index contributed by atoms with van der Waals surface area (Å²) in [4.78, 5) is 14.1. The molecule has 4 nitrogen and oxygen atoms in total. The molecule has 1 atom stereocenters. The number of hydrogen-bond acceptors (Lipinski definition) is 3. The standard InChI is InChI=1S/C17H25NO3/c1-13(2)9-14-7-8-18(11-14)17(19)12-21-16-6-4-5-15(10-16)20-3/h4-6,10,13-14H,7-9,11-12H2,1-3H3. The van der Waals surface area contributed by atoms with Gasteiger partial charge in [0, 0.05) is 19.2 Å². The van der Waals surface area contributed by atoms with Gasteiger partial charge in [0.1, 0.15) is 11.5 Å². The predicted molar refractivity (Wildman–Crippen MR) is 82.6 cm³/mol. The van der Waals surface area contributed by atoms with Gasteiger partial charge in [-0.15, -0.1) is 0 Å². The van der Waals surface area contributed by atoms with Gasteiger partial charge in [-0.05, 0) is 36.8 Å². The minimum Gasteiger partial charge on any atom is -0.497 e. The van der Waals surface area contributed by atoms with E-state index in [0.717, 1.165) is 25.3 Å². The Bertz CT molecular complexity index is 473. The molecule has 0 radical (unpaired) electrons. The Morgan fingerprint density at radius 3 is 2.86 bits per heavy atom. The van der Waals surface area contributed by atoms with E-state index >= 15 is 0 Å². The molecule has 2 rings (SSSR count). The van der Waals surface area contributed by atoms with Crippen molar-refractivity contribution < 1.29 is 14.3 Å². The summed E-state index contributed by atoms with van der Waals surface area (Å²) >= 11 is 0. The molecule has 1 aliphatic rings. The van der Waals surface area contributed by atoms with E-state index in [0.29, 0.717) is 17.6 Å². The molecule has 1 aromatic carbocycles. The molecule has 0 bridgehead atoms. The lowest BCUT2D eigenvalue weighted by Gasteiger charge is -2.17. The van der Waals surface area contributed by atoms with Crippen LogP contribution in [0.5, 0.6) is 11.5 Å². The third-order valence-corrected chi connectivity index (χ3v) is 3.85. The van der Waals surface area contributed by atoms with Crippen molar-refractivity contribution in [3.63, 3.8) is 0 Å². The van der Waals surface area contributed by atoms with Crippen molar-refractivity contribution >= 4 is 5.91 Å². The van der Waals surface area contributed by atoms with Crippen LogP contribution in [0.4, 0.5) is 0 Å². The molecule has 0 spiro atoms. The molecule has 21 heavy (non-hydrogen) atoms. The summed E-state index contributed by atoms with van der Waals surface area (Å²) < 4.78 is 10.7. The third kappa shape index (κ3) is 4.66. The first-order valence-corrected chi connectivity index (χ1v) is 7.63. The number of carbonyl (C=O) groups is 1. The number of methoxy groups -OCH3 is 1. The molecule has 0 aromatic heterocycles. The van der Waals surface area contributed by atoms with Crippen LogP contribution in [0.2, 0.25) is 0 Å². The van der Waals surface area contributed by atoms with Gasteiger partial charge in [-0.2, -0.15) is 0 Å². The quantitative estimate of drug-likeness (QED) is 0.809. The first-order chi connectivity index (χ1) is 10.1. The maximum absolute atomic E-state index is 12.2. The lowest BCUT2D eigenvalue weighted by Crippen LogP contribution is -2.33. The summed E-state index contributed by atoms with van der Waals surface area (Å²) in [6.07, 6.45) is 2.31. The van der Waals surface area contributed by atoms with Crippen molar-refractivity contribution in [2.45, 2.75) is 26.7 Å². The molecule has 1 fully saturated rings. The number of rotatable bonds is 6. The first-order valence-electron chi connectivity index (χ1n) is 7.63. The molecule has 0 N–H and O–H groups in total. The van der Waals surface area contributed by atoms with E-state index in [1.165, 1.54) is 6.42 Å². The highest BCUT2D eigenvalue weighted by Crippen LogP contribution is 2.24. The zero-order valence-corrected chi connectivity index (χ0v) is 13.2. The summed E-state index contributed by atoms with van der Waals surface area (Å²) in [6, 6.07) is 7.33. The Morgan fingerprint density at radius 2 is 2.14 bits per heavy atom. The zero-order valence-electron chi connectivity index (χ0n) is 13.2. The fourth-order valence-corrected chi connectivity index (χ4v) is 2.85. The van der Waals surface area contributed by atoms with Gasteiger partial charge in [-0.1, -0.05) is 19.9 Å². The molecule has 1 amide bonds. The van der Waals surface area contributed by atoms with Gasteiger partial charge in [-0.3, -0.25) is 4.79 Å². The van der Waals surface area contributed by atoms with Crippen LogP contribution in [0.15, 0.2) is 24.3 Å². The lowest BCUT2D eigenvalue weighted by atomic mass is 9.97. The molecular weight excluding hydrogens is 266 g/mol. The van der Waals surface area contributed by atoms with Gasteiger partial charge in [-0.25, -0.2) is 0 Å². The fraction of sp³-hybridized carbons (Fsp3) is 0.588. The highest BCUT2D eigenvalue weighted by molar-refractivity contribution is 5.78. The smallest absolute Gasteiger partial charge is 0.260 e. The minimum atomic E-state index is 0.0732. The van der Waals surface area contributed by atoms with Crippen LogP contribution in [0, 0.1) is 11.8 Å². The highest BCUT2D eigenvalue weighted by atomic mass is 16.5. The number of carbonyl (C=O) groups excluding carboxylic acids is 1. The maximum Gasteiger partial charge on any atom is 0.260 e.